The number of fused-ring (bicyclic) bond motifs is 1. The number of aryl methyl sites for hydroxylation is 1. The Morgan fingerprint density at radius 2 is 2.04 bits per heavy atom. The summed E-state index contributed by atoms with van der Waals surface area (Å²) in [6, 6.07) is 13.3. The van der Waals surface area contributed by atoms with Gasteiger partial charge in [0, 0.05) is 17.6 Å². The van der Waals surface area contributed by atoms with E-state index in [-0.39, 0.29) is 12.0 Å². The Bertz CT molecular complexity index is 966. The van der Waals surface area contributed by atoms with Crippen molar-refractivity contribution in [2.75, 3.05) is 13.2 Å². The summed E-state index contributed by atoms with van der Waals surface area (Å²) in [4.78, 5) is 16.9. The van der Waals surface area contributed by atoms with Crippen LogP contribution in [0, 0.1) is 13.8 Å². The van der Waals surface area contributed by atoms with Crippen LogP contribution in [-0.2, 0) is 0 Å². The van der Waals surface area contributed by atoms with Crippen LogP contribution in [0.2, 0.25) is 0 Å². The minimum Gasteiger partial charge on any atom is -0.486 e. The normalized spacial score (nSPS) is 15.4. The van der Waals surface area contributed by atoms with Gasteiger partial charge >= 0.3 is 0 Å². The van der Waals surface area contributed by atoms with Gasteiger partial charge in [-0.25, -0.2) is 0 Å². The summed E-state index contributed by atoms with van der Waals surface area (Å²) in [5.74, 6) is 1.32. The Hall–Kier alpha value is -3.28. The van der Waals surface area contributed by atoms with Crippen LogP contribution in [0.1, 0.15) is 21.7 Å². The Labute approximate surface area is 157 Å². The molecule has 3 heterocycles. The molecule has 1 aliphatic heterocycles. The second-order valence-electron chi connectivity index (χ2n) is 6.54. The highest BCUT2D eigenvalue weighted by molar-refractivity contribution is 5.95. The first kappa shape index (κ1) is 17.1. The summed E-state index contributed by atoms with van der Waals surface area (Å²) in [6.07, 6.45) is 3.30. The summed E-state index contributed by atoms with van der Waals surface area (Å²) >= 11 is 0. The molecule has 3 aromatic rings. The van der Waals surface area contributed by atoms with E-state index in [2.05, 4.69) is 10.3 Å². The Morgan fingerprint density at radius 3 is 2.81 bits per heavy atom. The minimum absolute atomic E-state index is 0.124. The number of nitrogens with one attached hydrogen (secondary N) is 1. The predicted molar refractivity (Wildman–Crippen MR) is 102 cm³/mol. The van der Waals surface area contributed by atoms with Crippen LogP contribution >= 0.6 is 0 Å². The zero-order valence-electron chi connectivity index (χ0n) is 15.3. The molecular weight excluding hydrogens is 342 g/mol. The second-order valence-corrected chi connectivity index (χ2v) is 6.54. The molecule has 0 bridgehead atoms. The van der Waals surface area contributed by atoms with Gasteiger partial charge in [-0.15, -0.1) is 0 Å². The van der Waals surface area contributed by atoms with Crippen LogP contribution < -0.4 is 14.8 Å². The molecule has 0 saturated carbocycles. The third kappa shape index (κ3) is 3.38. The summed E-state index contributed by atoms with van der Waals surface area (Å²) < 4.78 is 13.6. The number of nitrogens with zero attached hydrogens (tertiary/aromatic N) is 2. The van der Waals surface area contributed by atoms with E-state index >= 15 is 0 Å². The molecule has 0 aliphatic carbocycles. The molecule has 0 radical (unpaired) electrons. The monoisotopic (exact) mass is 363 g/mol. The highest BCUT2D eigenvalue weighted by Gasteiger charge is 2.22. The molecule has 27 heavy (non-hydrogen) atoms. The lowest BCUT2D eigenvalue weighted by molar-refractivity contribution is 0.0789. The molecule has 0 spiro atoms. The molecule has 0 fully saturated rings. The average molecular weight is 363 g/mol. The lowest BCUT2D eigenvalue weighted by Gasteiger charge is -2.26. The average Bonchev–Trinajstić information content (AvgIpc) is 3.01. The van der Waals surface area contributed by atoms with Crippen LogP contribution in [0.25, 0.3) is 5.69 Å². The van der Waals surface area contributed by atoms with E-state index in [1.165, 1.54) is 0 Å². The van der Waals surface area contributed by atoms with Gasteiger partial charge < -0.3 is 19.4 Å². The van der Waals surface area contributed by atoms with Gasteiger partial charge in [0.1, 0.15) is 12.7 Å². The van der Waals surface area contributed by atoms with Crippen molar-refractivity contribution in [2.24, 2.45) is 0 Å². The Morgan fingerprint density at radius 1 is 1.22 bits per heavy atom. The molecule has 1 aliphatic rings. The van der Waals surface area contributed by atoms with Gasteiger partial charge in [-0.3, -0.25) is 9.78 Å². The summed E-state index contributed by atoms with van der Waals surface area (Å²) in [7, 11) is 0. The molecule has 4 rings (SSSR count). The maximum atomic E-state index is 12.7. The maximum Gasteiger partial charge on any atom is 0.253 e. The molecule has 6 nitrogen and oxygen atoms in total. The number of aromatic nitrogens is 2. The van der Waals surface area contributed by atoms with Crippen molar-refractivity contribution >= 4 is 5.91 Å². The van der Waals surface area contributed by atoms with E-state index in [9.17, 15) is 4.79 Å². The van der Waals surface area contributed by atoms with Crippen molar-refractivity contribution in [3.63, 3.8) is 0 Å². The third-order valence-corrected chi connectivity index (χ3v) is 4.64. The van der Waals surface area contributed by atoms with E-state index in [1.54, 1.807) is 12.4 Å². The van der Waals surface area contributed by atoms with E-state index in [1.807, 2.05) is 60.9 Å². The molecule has 1 N–H and O–H groups in total. The number of ether oxygens (including phenoxy) is 2. The number of benzene rings is 1. The van der Waals surface area contributed by atoms with Gasteiger partial charge in [-0.2, -0.15) is 0 Å². The molecular formula is C21H21N3O3. The second kappa shape index (κ2) is 7.15. The fourth-order valence-corrected chi connectivity index (χ4v) is 3.34. The van der Waals surface area contributed by atoms with E-state index in [0.717, 1.165) is 22.8 Å². The smallest absolute Gasteiger partial charge is 0.253 e. The number of hydrogen-bond acceptors (Lipinski definition) is 4. The Balaban J connectivity index is 1.45. The van der Waals surface area contributed by atoms with Crippen LogP contribution in [0.15, 0.2) is 54.9 Å². The van der Waals surface area contributed by atoms with Crippen molar-refractivity contribution in [2.45, 2.75) is 20.0 Å². The van der Waals surface area contributed by atoms with Gasteiger partial charge in [0.15, 0.2) is 11.5 Å². The van der Waals surface area contributed by atoms with Gasteiger partial charge in [-0.1, -0.05) is 12.1 Å². The van der Waals surface area contributed by atoms with Crippen molar-refractivity contribution in [1.82, 2.24) is 14.9 Å². The number of rotatable bonds is 4. The van der Waals surface area contributed by atoms with Gasteiger partial charge in [-0.05, 0) is 44.2 Å². The molecule has 1 amide bonds. The number of pyridine rings is 1. The van der Waals surface area contributed by atoms with Crippen molar-refractivity contribution < 1.29 is 14.3 Å². The van der Waals surface area contributed by atoms with Crippen LogP contribution in [0.5, 0.6) is 11.5 Å². The van der Waals surface area contributed by atoms with E-state index in [0.29, 0.717) is 24.5 Å². The first-order valence-electron chi connectivity index (χ1n) is 8.89. The topological polar surface area (TPSA) is 65.4 Å². The fraction of sp³-hybridized carbons (Fsp3) is 0.238. The van der Waals surface area contributed by atoms with Crippen molar-refractivity contribution in [1.29, 1.82) is 0 Å². The standard InChI is InChI=1S/C21H21N3O3/c1-14-10-18(15(2)24(14)16-6-5-9-22-11-16)21(25)23-12-17-13-26-19-7-3-4-8-20(19)27-17/h3-11,17H,12-13H2,1-2H3,(H,23,25)/t17-/m0/s1. The maximum absolute atomic E-state index is 12.7. The van der Waals surface area contributed by atoms with E-state index < -0.39 is 0 Å². The fourth-order valence-electron chi connectivity index (χ4n) is 3.34. The van der Waals surface area contributed by atoms with Crippen LogP contribution in [0.3, 0.4) is 0 Å². The summed E-state index contributed by atoms with van der Waals surface area (Å²) in [6.45, 7) is 4.70. The SMILES string of the molecule is Cc1cc(C(=O)NC[C@H]2COc3ccccc3O2)c(C)n1-c1cccnc1. The third-order valence-electron chi connectivity index (χ3n) is 4.64. The quantitative estimate of drug-likeness (QED) is 0.774. The van der Waals surface area contributed by atoms with Crippen LogP contribution in [-0.4, -0.2) is 34.7 Å². The molecule has 0 unspecified atom stereocenters. The van der Waals surface area contributed by atoms with Gasteiger partial charge in [0.2, 0.25) is 0 Å². The molecule has 0 saturated heterocycles. The largest absolute Gasteiger partial charge is 0.486 e. The molecule has 6 heteroatoms. The van der Waals surface area contributed by atoms with Gasteiger partial charge in [0.25, 0.3) is 5.91 Å². The number of hydrogen-bond donors (Lipinski definition) is 1. The van der Waals surface area contributed by atoms with Crippen LogP contribution in [0.4, 0.5) is 0 Å². The number of para-hydroxylation sites is 2. The van der Waals surface area contributed by atoms with Crippen molar-refractivity contribution in [3.05, 3.63) is 71.8 Å². The molecule has 1 atom stereocenters. The van der Waals surface area contributed by atoms with Crippen molar-refractivity contribution in [3.8, 4) is 17.2 Å². The molecule has 1 aromatic carbocycles. The summed E-state index contributed by atoms with van der Waals surface area (Å²) in [5, 5.41) is 2.96. The highest BCUT2D eigenvalue weighted by Crippen LogP contribution is 2.30. The van der Waals surface area contributed by atoms with E-state index in [4.69, 9.17) is 9.47 Å². The first-order valence-corrected chi connectivity index (χ1v) is 8.89. The number of carbonyl (C=O) groups excluding carboxylic acids is 1. The summed E-state index contributed by atoms with van der Waals surface area (Å²) in [5.41, 5.74) is 3.45. The molecule has 2 aromatic heterocycles. The zero-order valence-corrected chi connectivity index (χ0v) is 15.3. The highest BCUT2D eigenvalue weighted by atomic mass is 16.6. The lowest BCUT2D eigenvalue weighted by atomic mass is 10.2. The number of amides is 1. The number of carbonyl (C=O) groups is 1. The lowest BCUT2D eigenvalue weighted by Crippen LogP contribution is -2.40. The minimum atomic E-state index is -0.217. The van der Waals surface area contributed by atoms with Gasteiger partial charge in [0.05, 0.1) is 24.0 Å². The predicted octanol–water partition coefficient (Wildman–Crippen LogP) is 3.06. The Kier molecular flexibility index (Phi) is 4.54. The zero-order chi connectivity index (χ0) is 18.8. The molecule has 138 valence electrons. The first-order chi connectivity index (χ1) is 13.1.